The summed E-state index contributed by atoms with van der Waals surface area (Å²) in [4.78, 5) is 16.4. The quantitative estimate of drug-likeness (QED) is 0.767. The number of rotatable bonds is 4. The Bertz CT molecular complexity index is 1080. The number of aromatic hydroxyl groups is 1. The minimum absolute atomic E-state index is 0.0150. The van der Waals surface area contributed by atoms with Crippen molar-refractivity contribution < 1.29 is 18.7 Å². The molecule has 0 fully saturated rings. The molecule has 1 aliphatic carbocycles. The van der Waals surface area contributed by atoms with E-state index in [1.165, 1.54) is 12.1 Å². The fourth-order valence-electron chi connectivity index (χ4n) is 4.19. The van der Waals surface area contributed by atoms with Crippen LogP contribution in [-0.2, 0) is 4.79 Å². The van der Waals surface area contributed by atoms with Crippen LogP contribution in [0.4, 0.5) is 14.5 Å². The van der Waals surface area contributed by atoms with E-state index in [9.17, 15) is 23.9 Å². The van der Waals surface area contributed by atoms with E-state index in [4.69, 9.17) is 0 Å². The second-order valence-electron chi connectivity index (χ2n) is 7.39. The molecular formula is C22H19F2N3O2. The number of aromatic nitrogens is 1. The van der Waals surface area contributed by atoms with Gasteiger partial charge < -0.3 is 19.8 Å². The molecule has 0 saturated heterocycles. The van der Waals surface area contributed by atoms with Gasteiger partial charge in [-0.15, -0.1) is 0 Å². The highest BCUT2D eigenvalue weighted by Crippen LogP contribution is 2.47. The first kappa shape index (κ1) is 18.9. The molecule has 2 aromatic rings. The Morgan fingerprint density at radius 3 is 2.83 bits per heavy atom. The van der Waals surface area contributed by atoms with Gasteiger partial charge in [0, 0.05) is 35.5 Å². The van der Waals surface area contributed by atoms with Crippen molar-refractivity contribution in [2.75, 3.05) is 11.4 Å². The van der Waals surface area contributed by atoms with Crippen molar-refractivity contribution in [3.63, 3.8) is 0 Å². The second-order valence-corrected chi connectivity index (χ2v) is 7.39. The third-order valence-corrected chi connectivity index (χ3v) is 5.65. The lowest BCUT2D eigenvalue weighted by Gasteiger charge is -2.28. The van der Waals surface area contributed by atoms with E-state index in [0.717, 1.165) is 6.29 Å². The lowest BCUT2D eigenvalue weighted by atomic mass is 9.88. The molecule has 0 radical (unpaired) electrons. The Labute approximate surface area is 166 Å². The minimum atomic E-state index is -0.760. The topological polar surface area (TPSA) is 80.1 Å². The molecule has 1 aliphatic heterocycles. The molecule has 29 heavy (non-hydrogen) atoms. The van der Waals surface area contributed by atoms with Crippen molar-refractivity contribution in [1.82, 2.24) is 4.98 Å². The lowest BCUT2D eigenvalue weighted by molar-refractivity contribution is -0.109. The van der Waals surface area contributed by atoms with Gasteiger partial charge >= 0.3 is 0 Å². The molecule has 0 saturated carbocycles. The van der Waals surface area contributed by atoms with Gasteiger partial charge in [-0.3, -0.25) is 0 Å². The van der Waals surface area contributed by atoms with Crippen molar-refractivity contribution in [1.29, 1.82) is 5.26 Å². The van der Waals surface area contributed by atoms with Crippen LogP contribution in [0, 0.1) is 30.0 Å². The largest absolute Gasteiger partial charge is 0.494 e. The van der Waals surface area contributed by atoms with E-state index < -0.39 is 29.5 Å². The number of halogens is 2. The zero-order chi connectivity index (χ0) is 20.7. The number of hydrogen-bond donors (Lipinski definition) is 2. The zero-order valence-corrected chi connectivity index (χ0v) is 15.7. The molecule has 148 valence electrons. The van der Waals surface area contributed by atoms with Crippen LogP contribution < -0.4 is 4.90 Å². The molecular weight excluding hydrogens is 376 g/mol. The number of fused-ring (bicyclic) bond motifs is 1. The monoisotopic (exact) mass is 395 g/mol. The van der Waals surface area contributed by atoms with Gasteiger partial charge in [0.1, 0.15) is 17.9 Å². The van der Waals surface area contributed by atoms with Gasteiger partial charge in [0.05, 0.1) is 18.0 Å². The number of allylic oxidation sites excluding steroid dienone is 2. The number of nitrogens with zero attached hydrogens (tertiary/aromatic N) is 2. The summed E-state index contributed by atoms with van der Waals surface area (Å²) in [6, 6.07) is 6.03. The minimum Gasteiger partial charge on any atom is -0.494 e. The maximum absolute atomic E-state index is 14.4. The van der Waals surface area contributed by atoms with Gasteiger partial charge in [-0.25, -0.2) is 8.78 Å². The molecule has 5 nitrogen and oxygen atoms in total. The summed E-state index contributed by atoms with van der Waals surface area (Å²) in [5.41, 5.74) is 2.39. The third kappa shape index (κ3) is 3.11. The first-order chi connectivity index (χ1) is 13.9. The maximum atomic E-state index is 14.4. The molecule has 7 heteroatoms. The van der Waals surface area contributed by atoms with Crippen LogP contribution in [-0.4, -0.2) is 29.0 Å². The molecule has 4 rings (SSSR count). The molecule has 2 N–H and O–H groups in total. The fraction of sp³-hybridized carbons (Fsp3) is 0.273. The summed E-state index contributed by atoms with van der Waals surface area (Å²) in [5, 5.41) is 19.4. The lowest BCUT2D eigenvalue weighted by Crippen LogP contribution is -2.37. The Balaban J connectivity index is 1.82. The number of hydrogen-bond acceptors (Lipinski definition) is 4. The van der Waals surface area contributed by atoms with Crippen molar-refractivity contribution >= 4 is 12.0 Å². The third-order valence-electron chi connectivity index (χ3n) is 5.65. The Kier molecular flexibility index (Phi) is 4.71. The Morgan fingerprint density at radius 2 is 2.17 bits per heavy atom. The van der Waals surface area contributed by atoms with Crippen molar-refractivity contribution in [3.8, 4) is 11.9 Å². The number of aryl methyl sites for hydroxylation is 1. The van der Waals surface area contributed by atoms with Gasteiger partial charge in [0.2, 0.25) is 0 Å². The van der Waals surface area contributed by atoms with Crippen LogP contribution in [0.5, 0.6) is 5.88 Å². The average molecular weight is 395 g/mol. The van der Waals surface area contributed by atoms with Crippen LogP contribution in [0.15, 0.2) is 47.9 Å². The number of aromatic amines is 1. The Hall–Kier alpha value is -3.40. The van der Waals surface area contributed by atoms with Crippen molar-refractivity contribution in [2.24, 2.45) is 5.92 Å². The van der Waals surface area contributed by atoms with E-state index >= 15 is 0 Å². The second kappa shape index (κ2) is 7.21. The number of nitrogens with one attached hydrogen (secondary N) is 1. The number of anilines is 1. The standard InChI is InChI=1S/C22H19F2N3O2/c1-12-6-16-19(8-18(12)24)27(10-14-7-13(9-25)2-3-17(14)23)20(11-28)21(16)15-4-5-26-22(15)29/h3-8,11,13,20-21,26,29H,2,10H2,1H3. The highest BCUT2D eigenvalue weighted by atomic mass is 19.1. The summed E-state index contributed by atoms with van der Waals surface area (Å²) in [5.74, 6) is -1.91. The number of nitriles is 1. The van der Waals surface area contributed by atoms with Gasteiger partial charge in [-0.1, -0.05) is 12.1 Å². The summed E-state index contributed by atoms with van der Waals surface area (Å²) in [6.45, 7) is 1.65. The highest BCUT2D eigenvalue weighted by Gasteiger charge is 2.42. The molecule has 3 atom stereocenters. The van der Waals surface area contributed by atoms with Gasteiger partial charge in [-0.05, 0) is 42.7 Å². The number of carbonyl (C=O) groups excluding carboxylic acids is 1. The number of benzene rings is 1. The van der Waals surface area contributed by atoms with Crippen LogP contribution >= 0.6 is 0 Å². The van der Waals surface area contributed by atoms with Gasteiger partial charge in [-0.2, -0.15) is 5.26 Å². The normalized spacial score (nSPS) is 23.2. The molecule has 1 aromatic heterocycles. The summed E-state index contributed by atoms with van der Waals surface area (Å²) in [6.07, 6.45) is 5.52. The number of H-pyrrole nitrogens is 1. The maximum Gasteiger partial charge on any atom is 0.192 e. The van der Waals surface area contributed by atoms with Crippen LogP contribution in [0.2, 0.25) is 0 Å². The van der Waals surface area contributed by atoms with E-state index in [0.29, 0.717) is 34.4 Å². The number of carbonyl (C=O) groups is 1. The van der Waals surface area contributed by atoms with E-state index in [1.807, 2.05) is 0 Å². The SMILES string of the molecule is Cc1cc2c(cc1F)N(CC1=CC(C#N)CC=C1F)C(C=O)C2c1cc[nH]c1O. The predicted octanol–water partition coefficient (Wildman–Crippen LogP) is 4.01. The van der Waals surface area contributed by atoms with E-state index in [2.05, 4.69) is 11.1 Å². The van der Waals surface area contributed by atoms with Crippen molar-refractivity contribution in [2.45, 2.75) is 25.3 Å². The molecule has 2 aliphatic rings. The first-order valence-electron chi connectivity index (χ1n) is 9.29. The van der Waals surface area contributed by atoms with Crippen molar-refractivity contribution in [3.05, 3.63) is 70.5 Å². The summed E-state index contributed by atoms with van der Waals surface area (Å²) in [7, 11) is 0. The predicted molar refractivity (Wildman–Crippen MR) is 104 cm³/mol. The Morgan fingerprint density at radius 1 is 1.38 bits per heavy atom. The molecule has 0 spiro atoms. The van der Waals surface area contributed by atoms with Gasteiger partial charge in [0.15, 0.2) is 5.88 Å². The number of aldehydes is 1. The molecule has 3 unspecified atom stereocenters. The average Bonchev–Trinajstić information content (AvgIpc) is 3.24. The zero-order valence-electron chi connectivity index (χ0n) is 15.7. The highest BCUT2D eigenvalue weighted by molar-refractivity contribution is 5.79. The fourth-order valence-corrected chi connectivity index (χ4v) is 4.19. The van der Waals surface area contributed by atoms with Gasteiger partial charge in [0.25, 0.3) is 0 Å². The van der Waals surface area contributed by atoms with Crippen LogP contribution in [0.25, 0.3) is 0 Å². The summed E-state index contributed by atoms with van der Waals surface area (Å²) < 4.78 is 28.8. The van der Waals surface area contributed by atoms with Crippen LogP contribution in [0.1, 0.15) is 29.0 Å². The molecule has 1 aromatic carbocycles. The van der Waals surface area contributed by atoms with E-state index in [-0.39, 0.29) is 12.4 Å². The van der Waals surface area contributed by atoms with Crippen LogP contribution in [0.3, 0.4) is 0 Å². The molecule has 2 heterocycles. The van der Waals surface area contributed by atoms with E-state index in [1.54, 1.807) is 36.2 Å². The first-order valence-corrected chi connectivity index (χ1v) is 9.29. The summed E-state index contributed by atoms with van der Waals surface area (Å²) >= 11 is 0. The molecule has 0 amide bonds. The smallest absolute Gasteiger partial charge is 0.192 e. The molecule has 0 bridgehead atoms.